The van der Waals surface area contributed by atoms with E-state index in [9.17, 15) is 9.59 Å². The number of carboxylic acid groups (broad SMARTS) is 1. The molecule has 2 N–H and O–H groups in total. The van der Waals surface area contributed by atoms with Crippen molar-refractivity contribution >= 4 is 22.6 Å². The lowest BCUT2D eigenvalue weighted by Crippen LogP contribution is -2.27. The predicted octanol–water partition coefficient (Wildman–Crippen LogP) is 3.04. The Bertz CT molecular complexity index is 989. The van der Waals surface area contributed by atoms with Crippen LogP contribution in [0.5, 0.6) is 0 Å². The summed E-state index contributed by atoms with van der Waals surface area (Å²) >= 11 is 0. The fourth-order valence-electron chi connectivity index (χ4n) is 3.00. The van der Waals surface area contributed by atoms with Crippen LogP contribution in [0.25, 0.3) is 10.8 Å². The number of carbonyl (C=O) groups is 2. The molecule has 1 aromatic heterocycles. The van der Waals surface area contributed by atoms with Crippen molar-refractivity contribution in [1.82, 2.24) is 15.1 Å². The monoisotopic (exact) mass is 349 g/mol. The molecule has 1 aliphatic carbocycles. The predicted molar refractivity (Wildman–Crippen MR) is 97.4 cm³/mol. The summed E-state index contributed by atoms with van der Waals surface area (Å²) in [6.45, 7) is 1.13. The Labute approximate surface area is 150 Å². The maximum Gasteiger partial charge on any atom is 0.335 e. The van der Waals surface area contributed by atoms with Crippen molar-refractivity contribution in [2.24, 2.45) is 0 Å². The highest BCUT2D eigenvalue weighted by molar-refractivity contribution is 6.00. The molecule has 0 bridgehead atoms. The first kappa shape index (κ1) is 16.3. The van der Waals surface area contributed by atoms with E-state index in [1.165, 1.54) is 12.8 Å². The molecule has 2 aromatic carbocycles. The number of carbonyl (C=O) groups excluding carboxylic acids is 1. The van der Waals surface area contributed by atoms with E-state index in [1.54, 1.807) is 36.4 Å². The molecule has 1 aliphatic rings. The average molecular weight is 349 g/mol. The van der Waals surface area contributed by atoms with Crippen molar-refractivity contribution in [3.8, 4) is 0 Å². The van der Waals surface area contributed by atoms with Gasteiger partial charge < -0.3 is 10.4 Å². The van der Waals surface area contributed by atoms with Gasteiger partial charge in [0, 0.05) is 24.2 Å². The number of rotatable bonds is 6. The second kappa shape index (κ2) is 6.63. The molecule has 6 heteroatoms. The van der Waals surface area contributed by atoms with Crippen molar-refractivity contribution < 1.29 is 14.7 Å². The molecule has 0 saturated heterocycles. The van der Waals surface area contributed by atoms with Gasteiger partial charge in [-0.05, 0) is 53.9 Å². The zero-order valence-electron chi connectivity index (χ0n) is 14.2. The molecule has 132 valence electrons. The van der Waals surface area contributed by atoms with E-state index in [0.29, 0.717) is 24.6 Å². The third-order valence-corrected chi connectivity index (χ3v) is 4.63. The van der Waals surface area contributed by atoms with Crippen LogP contribution in [0.1, 0.15) is 45.2 Å². The minimum atomic E-state index is -0.961. The van der Waals surface area contributed by atoms with Crippen molar-refractivity contribution in [3.05, 3.63) is 65.5 Å². The van der Waals surface area contributed by atoms with Gasteiger partial charge in [-0.1, -0.05) is 12.1 Å². The van der Waals surface area contributed by atoms with Gasteiger partial charge in [0.15, 0.2) is 0 Å². The second-order valence-corrected chi connectivity index (χ2v) is 6.62. The Morgan fingerprint density at radius 2 is 1.77 bits per heavy atom. The Morgan fingerprint density at radius 1 is 1.08 bits per heavy atom. The Balaban J connectivity index is 1.38. The van der Waals surface area contributed by atoms with Crippen LogP contribution in [-0.2, 0) is 6.54 Å². The first-order chi connectivity index (χ1) is 12.6. The van der Waals surface area contributed by atoms with Crippen LogP contribution >= 0.6 is 0 Å². The average Bonchev–Trinajstić information content (AvgIpc) is 3.39. The molecule has 3 aromatic rings. The number of nitrogens with one attached hydrogen (secondary N) is 1. The lowest BCUT2D eigenvalue weighted by molar-refractivity contribution is 0.0696. The first-order valence-corrected chi connectivity index (χ1v) is 8.69. The zero-order chi connectivity index (χ0) is 18.1. The maximum absolute atomic E-state index is 12.3. The fourth-order valence-corrected chi connectivity index (χ4v) is 3.00. The third kappa shape index (κ3) is 3.44. The van der Waals surface area contributed by atoms with E-state index >= 15 is 0 Å². The largest absolute Gasteiger partial charge is 0.478 e. The van der Waals surface area contributed by atoms with Crippen LogP contribution in [0, 0.1) is 0 Å². The topological polar surface area (TPSA) is 84.2 Å². The summed E-state index contributed by atoms with van der Waals surface area (Å²) in [7, 11) is 0. The number of aromatic nitrogens is 2. The molecule has 1 saturated carbocycles. The Kier molecular flexibility index (Phi) is 4.16. The van der Waals surface area contributed by atoms with Gasteiger partial charge in [-0.3, -0.25) is 9.48 Å². The van der Waals surface area contributed by atoms with Crippen molar-refractivity contribution in [3.63, 3.8) is 0 Å². The molecular weight excluding hydrogens is 330 g/mol. The molecule has 6 nitrogen and oxygen atoms in total. The zero-order valence-corrected chi connectivity index (χ0v) is 14.2. The third-order valence-electron chi connectivity index (χ3n) is 4.63. The molecular formula is C20H19N3O3. The number of hydrogen-bond donors (Lipinski definition) is 2. The van der Waals surface area contributed by atoms with Crippen molar-refractivity contribution in [2.75, 3.05) is 6.54 Å². The van der Waals surface area contributed by atoms with Gasteiger partial charge in [0.2, 0.25) is 0 Å². The number of carboxylic acids is 1. The number of amides is 1. The molecule has 4 rings (SSSR count). The van der Waals surface area contributed by atoms with Gasteiger partial charge in [-0.2, -0.15) is 5.10 Å². The highest BCUT2D eigenvalue weighted by Crippen LogP contribution is 2.38. The summed E-state index contributed by atoms with van der Waals surface area (Å²) in [4.78, 5) is 23.4. The van der Waals surface area contributed by atoms with E-state index in [1.807, 2.05) is 16.9 Å². The molecule has 0 atom stereocenters. The molecule has 1 amide bonds. The van der Waals surface area contributed by atoms with Crippen molar-refractivity contribution in [2.45, 2.75) is 25.3 Å². The minimum absolute atomic E-state index is 0.149. The van der Waals surface area contributed by atoms with Gasteiger partial charge >= 0.3 is 5.97 Å². The lowest BCUT2D eigenvalue weighted by Gasteiger charge is -2.07. The van der Waals surface area contributed by atoms with Crippen LogP contribution in [-0.4, -0.2) is 33.3 Å². The Hall–Kier alpha value is -3.15. The standard InChI is InChI=1S/C20H19N3O3/c24-19(21-8-10-23-9-7-18(22-23)13-1-2-13)16-5-3-15-12-17(20(25)26)6-4-14(15)11-16/h3-7,9,11-13H,1-2,8,10H2,(H,21,24)(H,25,26). The summed E-state index contributed by atoms with van der Waals surface area (Å²) in [5.74, 6) is -0.481. The summed E-state index contributed by atoms with van der Waals surface area (Å²) in [6, 6.07) is 12.2. The van der Waals surface area contributed by atoms with Gasteiger partial charge in [-0.25, -0.2) is 4.79 Å². The molecule has 1 fully saturated rings. The summed E-state index contributed by atoms with van der Waals surface area (Å²) in [5, 5.41) is 18.1. The maximum atomic E-state index is 12.3. The molecule has 0 aliphatic heterocycles. The van der Waals surface area contributed by atoms with E-state index < -0.39 is 5.97 Å². The smallest absolute Gasteiger partial charge is 0.335 e. The fraction of sp³-hybridized carbons (Fsp3) is 0.250. The van der Waals surface area contributed by atoms with E-state index in [2.05, 4.69) is 10.4 Å². The van der Waals surface area contributed by atoms with Gasteiger partial charge in [-0.15, -0.1) is 0 Å². The number of hydrogen-bond acceptors (Lipinski definition) is 3. The summed E-state index contributed by atoms with van der Waals surface area (Å²) in [5.41, 5.74) is 1.94. The van der Waals surface area contributed by atoms with E-state index in [-0.39, 0.29) is 11.5 Å². The first-order valence-electron chi connectivity index (χ1n) is 8.69. The number of fused-ring (bicyclic) bond motifs is 1. The molecule has 0 radical (unpaired) electrons. The van der Waals surface area contributed by atoms with Crippen molar-refractivity contribution in [1.29, 1.82) is 0 Å². The number of aromatic carboxylic acids is 1. The van der Waals surface area contributed by atoms with Crippen LogP contribution in [0.3, 0.4) is 0 Å². The highest BCUT2D eigenvalue weighted by Gasteiger charge is 2.25. The Morgan fingerprint density at radius 3 is 2.46 bits per heavy atom. The van der Waals surface area contributed by atoms with Crippen LogP contribution < -0.4 is 5.32 Å². The molecule has 0 spiro atoms. The molecule has 1 heterocycles. The SMILES string of the molecule is O=C(O)c1ccc2cc(C(=O)NCCn3ccc(C4CC4)n3)ccc2c1. The quantitative estimate of drug-likeness (QED) is 0.716. The van der Waals surface area contributed by atoms with E-state index in [4.69, 9.17) is 5.11 Å². The molecule has 26 heavy (non-hydrogen) atoms. The second-order valence-electron chi connectivity index (χ2n) is 6.62. The number of nitrogens with zero attached hydrogens (tertiary/aromatic N) is 2. The van der Waals surface area contributed by atoms with E-state index in [0.717, 1.165) is 16.5 Å². The van der Waals surface area contributed by atoms with Gasteiger partial charge in [0.05, 0.1) is 17.8 Å². The molecule has 0 unspecified atom stereocenters. The summed E-state index contributed by atoms with van der Waals surface area (Å²) in [6.07, 6.45) is 4.41. The minimum Gasteiger partial charge on any atom is -0.478 e. The normalized spacial score (nSPS) is 13.7. The van der Waals surface area contributed by atoms with Crippen LogP contribution in [0.4, 0.5) is 0 Å². The van der Waals surface area contributed by atoms with Crippen LogP contribution in [0.15, 0.2) is 48.7 Å². The number of benzene rings is 2. The summed E-state index contributed by atoms with van der Waals surface area (Å²) < 4.78 is 1.86. The highest BCUT2D eigenvalue weighted by atomic mass is 16.4. The van der Waals surface area contributed by atoms with Gasteiger partial charge in [0.25, 0.3) is 5.91 Å². The lowest BCUT2D eigenvalue weighted by atomic mass is 10.0. The van der Waals surface area contributed by atoms with Gasteiger partial charge in [0.1, 0.15) is 0 Å². The van der Waals surface area contributed by atoms with Crippen LogP contribution in [0.2, 0.25) is 0 Å².